The first-order chi connectivity index (χ1) is 16.1. The Hall–Kier alpha value is -1.96. The van der Waals surface area contributed by atoms with Crippen LogP contribution in [0.2, 0.25) is 0 Å². The number of aromatic nitrogens is 1. The molecule has 176 valence electrons. The number of aromatic carboxylic acids is 1. The van der Waals surface area contributed by atoms with Gasteiger partial charge in [0.05, 0.1) is 18.8 Å². The second-order valence-electron chi connectivity index (χ2n) is 10.3. The molecular formula is C26H31NO5S. The highest BCUT2D eigenvalue weighted by atomic mass is 32.1. The van der Waals surface area contributed by atoms with Gasteiger partial charge >= 0.3 is 5.97 Å². The molecule has 5 atom stereocenters. The van der Waals surface area contributed by atoms with Crippen molar-refractivity contribution in [2.45, 2.75) is 81.5 Å². The molecule has 6 rings (SSSR count). The Labute approximate surface area is 198 Å². The SMILES string of the molecule is O=C(O)c1csc([C@H]2CC[C@@H]3[C@@H](COc4ccc(C5CC5)c(C5CCC5)c4)[C@@H](O)C[C@@H]3O2)n1. The predicted molar refractivity (Wildman–Crippen MR) is 124 cm³/mol. The van der Waals surface area contributed by atoms with E-state index >= 15 is 0 Å². The lowest BCUT2D eigenvalue weighted by Crippen LogP contribution is -2.33. The number of aliphatic hydroxyl groups is 1. The van der Waals surface area contributed by atoms with Crippen molar-refractivity contribution in [3.8, 4) is 5.75 Å². The standard InChI is InChI=1S/C26H31NO5S/c28-22-11-24-18(8-9-23(32-24)25-27-21(13-33-25)26(29)30)20(22)12-31-16-6-7-17(15-4-5-15)19(10-16)14-2-1-3-14/h6-7,10,13-15,18,20,22-24,28H,1-5,8-9,11-12H2,(H,29,30)/t18-,20-,22+,23-,24+/m1/s1. The summed E-state index contributed by atoms with van der Waals surface area (Å²) in [6, 6.07) is 6.67. The van der Waals surface area contributed by atoms with E-state index in [4.69, 9.17) is 14.6 Å². The smallest absolute Gasteiger partial charge is 0.355 e. The van der Waals surface area contributed by atoms with Gasteiger partial charge in [0.15, 0.2) is 5.69 Å². The molecule has 0 spiro atoms. The third kappa shape index (κ3) is 4.19. The first kappa shape index (κ1) is 21.6. The zero-order chi connectivity index (χ0) is 22.5. The fourth-order valence-corrected chi connectivity index (χ4v) is 6.81. The lowest BCUT2D eigenvalue weighted by Gasteiger charge is -2.34. The quantitative estimate of drug-likeness (QED) is 0.573. The van der Waals surface area contributed by atoms with Gasteiger partial charge in [0.25, 0.3) is 0 Å². The number of nitrogens with zero attached hydrogens (tertiary/aromatic N) is 1. The van der Waals surface area contributed by atoms with Crippen molar-refractivity contribution in [3.05, 3.63) is 45.4 Å². The Morgan fingerprint density at radius 1 is 1.12 bits per heavy atom. The summed E-state index contributed by atoms with van der Waals surface area (Å²) >= 11 is 1.34. The molecule has 6 nitrogen and oxygen atoms in total. The van der Waals surface area contributed by atoms with Crippen LogP contribution in [0.5, 0.6) is 5.75 Å². The van der Waals surface area contributed by atoms with Gasteiger partial charge in [0, 0.05) is 17.7 Å². The number of aliphatic hydroxyl groups excluding tert-OH is 1. The summed E-state index contributed by atoms with van der Waals surface area (Å²) < 4.78 is 12.6. The Bertz CT molecular complexity index is 1030. The van der Waals surface area contributed by atoms with Crippen LogP contribution in [0.4, 0.5) is 0 Å². The number of ether oxygens (including phenoxy) is 2. The highest BCUT2D eigenvalue weighted by Gasteiger charge is 2.47. The summed E-state index contributed by atoms with van der Waals surface area (Å²) in [6.45, 7) is 0.504. The van der Waals surface area contributed by atoms with Crippen molar-refractivity contribution in [3.63, 3.8) is 0 Å². The Kier molecular flexibility index (Phi) is 5.67. The summed E-state index contributed by atoms with van der Waals surface area (Å²) in [5.41, 5.74) is 3.11. The minimum atomic E-state index is -1.01. The minimum Gasteiger partial charge on any atom is -0.493 e. The van der Waals surface area contributed by atoms with E-state index in [9.17, 15) is 9.90 Å². The summed E-state index contributed by atoms with van der Waals surface area (Å²) in [7, 11) is 0. The summed E-state index contributed by atoms with van der Waals surface area (Å²) in [4.78, 5) is 15.4. The van der Waals surface area contributed by atoms with Crippen LogP contribution in [-0.2, 0) is 4.74 Å². The van der Waals surface area contributed by atoms with Crippen molar-refractivity contribution in [1.29, 1.82) is 0 Å². The highest BCUT2D eigenvalue weighted by Crippen LogP contribution is 2.49. The number of benzene rings is 1. The van der Waals surface area contributed by atoms with E-state index in [2.05, 4.69) is 23.2 Å². The Morgan fingerprint density at radius 2 is 1.94 bits per heavy atom. The van der Waals surface area contributed by atoms with Crippen molar-refractivity contribution >= 4 is 17.3 Å². The van der Waals surface area contributed by atoms with Gasteiger partial charge in [-0.1, -0.05) is 12.5 Å². The molecule has 3 saturated carbocycles. The third-order valence-corrected chi connectivity index (χ3v) is 9.11. The first-order valence-electron chi connectivity index (χ1n) is 12.4. The second kappa shape index (κ2) is 8.67. The van der Waals surface area contributed by atoms with Crippen LogP contribution in [0.15, 0.2) is 23.6 Å². The van der Waals surface area contributed by atoms with Gasteiger partial charge in [-0.25, -0.2) is 9.78 Å². The molecule has 0 amide bonds. The number of rotatable bonds is 7. The average molecular weight is 470 g/mol. The van der Waals surface area contributed by atoms with E-state index in [-0.39, 0.29) is 29.7 Å². The molecule has 2 heterocycles. The van der Waals surface area contributed by atoms with Gasteiger partial charge < -0.3 is 19.7 Å². The molecule has 33 heavy (non-hydrogen) atoms. The fraction of sp³-hybridized carbons (Fsp3) is 0.615. The number of thiazole rings is 1. The Balaban J connectivity index is 1.10. The van der Waals surface area contributed by atoms with Crippen LogP contribution >= 0.6 is 11.3 Å². The molecule has 1 aromatic heterocycles. The molecular weight excluding hydrogens is 438 g/mol. The van der Waals surface area contributed by atoms with Crippen LogP contribution < -0.4 is 4.74 Å². The van der Waals surface area contributed by atoms with Crippen LogP contribution in [0, 0.1) is 11.8 Å². The summed E-state index contributed by atoms with van der Waals surface area (Å²) in [6.07, 6.45) is 8.20. The maximum atomic E-state index is 11.1. The zero-order valence-corrected chi connectivity index (χ0v) is 19.5. The molecule has 1 saturated heterocycles. The second-order valence-corrected chi connectivity index (χ2v) is 11.1. The molecule has 2 aromatic rings. The number of carboxylic acid groups (broad SMARTS) is 1. The molecule has 1 aromatic carbocycles. The van der Waals surface area contributed by atoms with Crippen molar-refractivity contribution in [2.24, 2.45) is 11.8 Å². The minimum absolute atomic E-state index is 0.0349. The van der Waals surface area contributed by atoms with Gasteiger partial charge in [-0.2, -0.15) is 0 Å². The van der Waals surface area contributed by atoms with Gasteiger partial charge in [-0.15, -0.1) is 11.3 Å². The zero-order valence-electron chi connectivity index (χ0n) is 18.7. The van der Waals surface area contributed by atoms with E-state index in [1.165, 1.54) is 54.6 Å². The largest absolute Gasteiger partial charge is 0.493 e. The molecule has 0 radical (unpaired) electrons. The highest BCUT2D eigenvalue weighted by molar-refractivity contribution is 7.09. The maximum Gasteiger partial charge on any atom is 0.355 e. The van der Waals surface area contributed by atoms with Crippen LogP contribution in [0.3, 0.4) is 0 Å². The first-order valence-corrected chi connectivity index (χ1v) is 13.2. The van der Waals surface area contributed by atoms with E-state index in [1.54, 1.807) is 5.38 Å². The van der Waals surface area contributed by atoms with Crippen molar-refractivity contribution in [1.82, 2.24) is 4.98 Å². The van der Waals surface area contributed by atoms with E-state index in [1.807, 2.05) is 0 Å². The molecule has 7 heteroatoms. The van der Waals surface area contributed by atoms with E-state index in [0.717, 1.165) is 29.5 Å². The fourth-order valence-electron chi connectivity index (χ4n) is 5.95. The molecule has 4 aliphatic rings. The molecule has 1 aliphatic heterocycles. The maximum absolute atomic E-state index is 11.1. The topological polar surface area (TPSA) is 88.9 Å². The Morgan fingerprint density at radius 3 is 2.64 bits per heavy atom. The molecule has 0 bridgehead atoms. The van der Waals surface area contributed by atoms with Crippen LogP contribution in [0.1, 0.15) is 95.9 Å². The summed E-state index contributed by atoms with van der Waals surface area (Å²) in [5.74, 6) is 1.68. The normalized spacial score (nSPS) is 31.7. The molecule has 2 N–H and O–H groups in total. The number of fused-ring (bicyclic) bond motifs is 1. The van der Waals surface area contributed by atoms with Crippen molar-refractivity contribution in [2.75, 3.05) is 6.61 Å². The van der Waals surface area contributed by atoms with Gasteiger partial charge in [0.1, 0.15) is 16.9 Å². The monoisotopic (exact) mass is 469 g/mol. The summed E-state index contributed by atoms with van der Waals surface area (Å²) in [5, 5.41) is 22.2. The van der Waals surface area contributed by atoms with Gasteiger partial charge in [0.2, 0.25) is 0 Å². The average Bonchev–Trinajstić information content (AvgIpc) is 3.38. The number of carbonyl (C=O) groups is 1. The van der Waals surface area contributed by atoms with Gasteiger partial charge in [-0.3, -0.25) is 0 Å². The lowest BCUT2D eigenvalue weighted by atomic mass is 9.77. The van der Waals surface area contributed by atoms with E-state index < -0.39 is 12.1 Å². The third-order valence-electron chi connectivity index (χ3n) is 8.18. The number of hydrogen-bond acceptors (Lipinski definition) is 6. The lowest BCUT2D eigenvalue weighted by molar-refractivity contribution is -0.0811. The molecule has 0 unspecified atom stereocenters. The van der Waals surface area contributed by atoms with Crippen molar-refractivity contribution < 1.29 is 24.5 Å². The molecule has 4 fully saturated rings. The van der Waals surface area contributed by atoms with Gasteiger partial charge in [-0.05, 0) is 79.5 Å². The molecule has 3 aliphatic carbocycles. The predicted octanol–water partition coefficient (Wildman–Crippen LogP) is 5.28. The number of carboxylic acids is 1. The van der Waals surface area contributed by atoms with Crippen LogP contribution in [0.25, 0.3) is 0 Å². The van der Waals surface area contributed by atoms with Crippen LogP contribution in [-0.4, -0.2) is 40.0 Å². The van der Waals surface area contributed by atoms with E-state index in [0.29, 0.717) is 18.9 Å². The number of hydrogen-bond donors (Lipinski definition) is 2.